The Morgan fingerprint density at radius 1 is 1.44 bits per heavy atom. The minimum Gasteiger partial charge on any atom is -0.505 e. The van der Waals surface area contributed by atoms with Crippen LogP contribution in [0.5, 0.6) is 5.75 Å². The summed E-state index contributed by atoms with van der Waals surface area (Å²) in [6.45, 7) is 4.34. The molecule has 3 N–H and O–H groups in total. The standard InChI is InChI=1S/C13H20N2O3/c1-3-13(4-2,9-16)8-15-12(18)11-10(17)6-5-7-14-11/h5-7,16-17H,3-4,8-9H2,1-2H3,(H,15,18). The lowest BCUT2D eigenvalue weighted by Crippen LogP contribution is -2.39. The molecule has 0 fully saturated rings. The minimum atomic E-state index is -0.423. The van der Waals surface area contributed by atoms with Crippen LogP contribution in [-0.2, 0) is 0 Å². The van der Waals surface area contributed by atoms with E-state index in [4.69, 9.17) is 0 Å². The molecule has 100 valence electrons. The Hall–Kier alpha value is -1.62. The number of carbonyl (C=O) groups excluding carboxylic acids is 1. The molecule has 1 amide bonds. The Bertz CT molecular complexity index is 395. The van der Waals surface area contributed by atoms with Crippen molar-refractivity contribution in [3.05, 3.63) is 24.0 Å². The number of aromatic hydroxyl groups is 1. The molecule has 1 aromatic heterocycles. The molecule has 0 aliphatic heterocycles. The number of hydrogen-bond acceptors (Lipinski definition) is 4. The third-order valence-electron chi connectivity index (χ3n) is 3.46. The van der Waals surface area contributed by atoms with Gasteiger partial charge in [0, 0.05) is 18.2 Å². The zero-order valence-electron chi connectivity index (χ0n) is 10.8. The third-order valence-corrected chi connectivity index (χ3v) is 3.46. The van der Waals surface area contributed by atoms with Gasteiger partial charge in [0.05, 0.1) is 6.61 Å². The number of aliphatic hydroxyl groups excluding tert-OH is 1. The van der Waals surface area contributed by atoms with Crippen LogP contribution in [0.4, 0.5) is 0 Å². The molecule has 5 nitrogen and oxygen atoms in total. The molecule has 0 aromatic carbocycles. The van der Waals surface area contributed by atoms with E-state index in [1.807, 2.05) is 13.8 Å². The van der Waals surface area contributed by atoms with Crippen molar-refractivity contribution in [3.63, 3.8) is 0 Å². The number of carbonyl (C=O) groups is 1. The van der Waals surface area contributed by atoms with Crippen LogP contribution in [0.15, 0.2) is 18.3 Å². The SMILES string of the molecule is CCC(CC)(CO)CNC(=O)c1ncccc1O. The Balaban J connectivity index is 2.69. The molecule has 0 aliphatic carbocycles. The highest BCUT2D eigenvalue weighted by Gasteiger charge is 2.26. The van der Waals surface area contributed by atoms with Gasteiger partial charge >= 0.3 is 0 Å². The lowest BCUT2D eigenvalue weighted by atomic mass is 9.83. The largest absolute Gasteiger partial charge is 0.505 e. The van der Waals surface area contributed by atoms with Gasteiger partial charge in [-0.05, 0) is 25.0 Å². The molecule has 0 atom stereocenters. The summed E-state index contributed by atoms with van der Waals surface area (Å²) >= 11 is 0. The summed E-state index contributed by atoms with van der Waals surface area (Å²) in [5, 5.41) is 21.6. The highest BCUT2D eigenvalue weighted by Crippen LogP contribution is 2.24. The van der Waals surface area contributed by atoms with Crippen molar-refractivity contribution < 1.29 is 15.0 Å². The highest BCUT2D eigenvalue weighted by atomic mass is 16.3. The molecule has 1 aromatic rings. The van der Waals surface area contributed by atoms with E-state index in [1.54, 1.807) is 6.07 Å². The second-order valence-corrected chi connectivity index (χ2v) is 4.42. The van der Waals surface area contributed by atoms with Crippen molar-refractivity contribution in [2.24, 2.45) is 5.41 Å². The van der Waals surface area contributed by atoms with Gasteiger partial charge < -0.3 is 15.5 Å². The zero-order valence-corrected chi connectivity index (χ0v) is 10.8. The third kappa shape index (κ3) is 3.20. The first-order chi connectivity index (χ1) is 8.58. The fourth-order valence-electron chi connectivity index (χ4n) is 1.70. The first kappa shape index (κ1) is 14.4. The second-order valence-electron chi connectivity index (χ2n) is 4.42. The van der Waals surface area contributed by atoms with Gasteiger partial charge in [-0.3, -0.25) is 4.79 Å². The molecular weight excluding hydrogens is 232 g/mol. The molecule has 1 heterocycles. The summed E-state index contributed by atoms with van der Waals surface area (Å²) in [7, 11) is 0. The first-order valence-electron chi connectivity index (χ1n) is 6.11. The van der Waals surface area contributed by atoms with Gasteiger partial charge in [-0.15, -0.1) is 0 Å². The van der Waals surface area contributed by atoms with Crippen molar-refractivity contribution in [3.8, 4) is 5.75 Å². The quantitative estimate of drug-likeness (QED) is 0.713. The van der Waals surface area contributed by atoms with Crippen molar-refractivity contribution in [1.29, 1.82) is 0 Å². The van der Waals surface area contributed by atoms with Gasteiger partial charge in [0.1, 0.15) is 5.75 Å². The fraction of sp³-hybridized carbons (Fsp3) is 0.538. The smallest absolute Gasteiger partial charge is 0.273 e. The van der Waals surface area contributed by atoms with E-state index in [2.05, 4.69) is 10.3 Å². The van der Waals surface area contributed by atoms with Gasteiger partial charge in [-0.1, -0.05) is 13.8 Å². The number of rotatable bonds is 6. The summed E-state index contributed by atoms with van der Waals surface area (Å²) in [6.07, 6.45) is 3.00. The maximum absolute atomic E-state index is 11.8. The lowest BCUT2D eigenvalue weighted by molar-refractivity contribution is 0.0844. The maximum atomic E-state index is 11.8. The number of amides is 1. The van der Waals surface area contributed by atoms with Crippen LogP contribution < -0.4 is 5.32 Å². The van der Waals surface area contributed by atoms with E-state index in [1.165, 1.54) is 12.3 Å². The Labute approximate surface area is 107 Å². The summed E-state index contributed by atoms with van der Waals surface area (Å²) in [6, 6.07) is 2.98. The number of pyridine rings is 1. The number of aliphatic hydroxyl groups is 1. The molecule has 0 saturated carbocycles. The van der Waals surface area contributed by atoms with Gasteiger partial charge in [-0.25, -0.2) is 4.98 Å². The van der Waals surface area contributed by atoms with E-state index < -0.39 is 5.91 Å². The Kier molecular flexibility index (Phi) is 5.09. The van der Waals surface area contributed by atoms with Gasteiger partial charge in [-0.2, -0.15) is 0 Å². The van der Waals surface area contributed by atoms with Crippen LogP contribution in [0, 0.1) is 5.41 Å². The molecular formula is C13H20N2O3. The minimum absolute atomic E-state index is 0.0107. The van der Waals surface area contributed by atoms with Gasteiger partial charge in [0.15, 0.2) is 5.69 Å². The van der Waals surface area contributed by atoms with Crippen LogP contribution in [-0.4, -0.2) is 34.3 Å². The molecule has 1 rings (SSSR count). The second kappa shape index (κ2) is 6.35. The lowest BCUT2D eigenvalue weighted by Gasteiger charge is -2.29. The van der Waals surface area contributed by atoms with Crippen LogP contribution >= 0.6 is 0 Å². The summed E-state index contributed by atoms with van der Waals surface area (Å²) in [5.41, 5.74) is -0.295. The van der Waals surface area contributed by atoms with Crippen molar-refractivity contribution in [1.82, 2.24) is 10.3 Å². The zero-order chi connectivity index (χ0) is 13.6. The van der Waals surface area contributed by atoms with Crippen LogP contribution in [0.2, 0.25) is 0 Å². The van der Waals surface area contributed by atoms with E-state index in [-0.39, 0.29) is 23.5 Å². The van der Waals surface area contributed by atoms with Gasteiger partial charge in [0.2, 0.25) is 0 Å². The monoisotopic (exact) mass is 252 g/mol. The number of nitrogens with one attached hydrogen (secondary N) is 1. The van der Waals surface area contributed by atoms with Gasteiger partial charge in [0.25, 0.3) is 5.91 Å². The molecule has 0 spiro atoms. The number of hydrogen-bond donors (Lipinski definition) is 3. The normalized spacial score (nSPS) is 11.3. The van der Waals surface area contributed by atoms with Crippen molar-refractivity contribution >= 4 is 5.91 Å². The predicted octanol–water partition coefficient (Wildman–Crippen LogP) is 1.32. The Morgan fingerprint density at radius 2 is 2.11 bits per heavy atom. The first-order valence-corrected chi connectivity index (χ1v) is 6.11. The van der Waals surface area contributed by atoms with E-state index in [0.29, 0.717) is 6.54 Å². The summed E-state index contributed by atoms with van der Waals surface area (Å²) in [4.78, 5) is 15.7. The molecule has 0 bridgehead atoms. The Morgan fingerprint density at radius 3 is 2.61 bits per heavy atom. The molecule has 0 unspecified atom stereocenters. The molecule has 0 radical (unpaired) electrons. The van der Waals surface area contributed by atoms with E-state index in [9.17, 15) is 15.0 Å². The van der Waals surface area contributed by atoms with E-state index in [0.717, 1.165) is 12.8 Å². The molecule has 18 heavy (non-hydrogen) atoms. The number of nitrogens with zero attached hydrogens (tertiary/aromatic N) is 1. The number of aromatic nitrogens is 1. The molecule has 5 heteroatoms. The fourth-order valence-corrected chi connectivity index (χ4v) is 1.70. The van der Waals surface area contributed by atoms with Crippen molar-refractivity contribution in [2.75, 3.05) is 13.2 Å². The molecule has 0 saturated heterocycles. The van der Waals surface area contributed by atoms with Crippen LogP contribution in [0.3, 0.4) is 0 Å². The summed E-state index contributed by atoms with van der Waals surface area (Å²) in [5.74, 6) is -0.564. The topological polar surface area (TPSA) is 82.5 Å². The van der Waals surface area contributed by atoms with Crippen LogP contribution in [0.1, 0.15) is 37.2 Å². The predicted molar refractivity (Wildman–Crippen MR) is 68.3 cm³/mol. The summed E-state index contributed by atoms with van der Waals surface area (Å²) < 4.78 is 0. The van der Waals surface area contributed by atoms with Crippen LogP contribution in [0.25, 0.3) is 0 Å². The van der Waals surface area contributed by atoms with Crippen molar-refractivity contribution in [2.45, 2.75) is 26.7 Å². The highest BCUT2D eigenvalue weighted by molar-refractivity contribution is 5.94. The average molecular weight is 252 g/mol. The molecule has 0 aliphatic rings. The maximum Gasteiger partial charge on any atom is 0.273 e. The van der Waals surface area contributed by atoms with E-state index >= 15 is 0 Å². The average Bonchev–Trinajstić information content (AvgIpc) is 2.41.